The summed E-state index contributed by atoms with van der Waals surface area (Å²) in [6.07, 6.45) is 0.952. The Hall–Kier alpha value is -1.75. The lowest BCUT2D eigenvalue weighted by molar-refractivity contribution is 0.223. The van der Waals surface area contributed by atoms with Gasteiger partial charge in [-0.15, -0.1) is 0 Å². The zero-order valence-electron chi connectivity index (χ0n) is 14.2. The molecule has 1 aromatic carbocycles. The van der Waals surface area contributed by atoms with Crippen molar-refractivity contribution < 1.29 is 9.53 Å². The molecular weight excluding hydrogens is 278 g/mol. The first-order valence-corrected chi connectivity index (χ1v) is 8.00. The zero-order valence-corrected chi connectivity index (χ0v) is 14.2. The molecule has 0 bridgehead atoms. The molecule has 0 saturated heterocycles. The Morgan fingerprint density at radius 3 is 2.50 bits per heavy atom. The van der Waals surface area contributed by atoms with Gasteiger partial charge >= 0.3 is 6.03 Å². The van der Waals surface area contributed by atoms with E-state index in [1.165, 1.54) is 11.1 Å². The highest BCUT2D eigenvalue weighted by atomic mass is 16.5. The van der Waals surface area contributed by atoms with Crippen molar-refractivity contribution in [2.24, 2.45) is 0 Å². The Kier molecular flexibility index (Phi) is 8.36. The van der Waals surface area contributed by atoms with Crippen LogP contribution in [0.25, 0.3) is 0 Å². The lowest BCUT2D eigenvalue weighted by atomic mass is 10.1. The van der Waals surface area contributed by atoms with Crippen LogP contribution in [0.15, 0.2) is 18.2 Å². The van der Waals surface area contributed by atoms with Crippen LogP contribution in [0.4, 0.5) is 4.79 Å². The van der Waals surface area contributed by atoms with Gasteiger partial charge in [0.25, 0.3) is 0 Å². The predicted octanol–water partition coefficient (Wildman–Crippen LogP) is 2.67. The molecule has 1 aromatic rings. The number of hydrogen-bond acceptors (Lipinski definition) is 3. The van der Waals surface area contributed by atoms with Crippen molar-refractivity contribution in [1.29, 1.82) is 0 Å². The minimum Gasteiger partial charge on any atom is -0.473 e. The van der Waals surface area contributed by atoms with Crippen LogP contribution in [0.2, 0.25) is 0 Å². The van der Waals surface area contributed by atoms with Crippen LogP contribution >= 0.6 is 0 Å². The molecule has 2 amide bonds. The number of carbonyl (C=O) groups excluding carboxylic acids is 1. The summed E-state index contributed by atoms with van der Waals surface area (Å²) in [5.74, 6) is 0.768. The molecule has 5 heteroatoms. The smallest absolute Gasteiger partial charge is 0.317 e. The number of ether oxygens (including phenoxy) is 1. The molecular formula is C17H29N3O2. The number of nitrogens with zero attached hydrogens (tertiary/aromatic N) is 1. The summed E-state index contributed by atoms with van der Waals surface area (Å²) in [6.45, 7) is 12.3. The van der Waals surface area contributed by atoms with Crippen molar-refractivity contribution >= 4 is 6.03 Å². The van der Waals surface area contributed by atoms with E-state index in [1.54, 1.807) is 0 Å². The maximum atomic E-state index is 11.6. The lowest BCUT2D eigenvalue weighted by Gasteiger charge is -2.17. The summed E-state index contributed by atoms with van der Waals surface area (Å²) in [7, 11) is 0. The molecule has 0 aliphatic heterocycles. The van der Waals surface area contributed by atoms with E-state index >= 15 is 0 Å². The molecule has 1 rings (SSSR count). The van der Waals surface area contributed by atoms with Gasteiger partial charge in [-0.25, -0.2) is 4.79 Å². The fourth-order valence-corrected chi connectivity index (χ4v) is 2.10. The highest BCUT2D eigenvalue weighted by Crippen LogP contribution is 2.15. The Balaban J connectivity index is 2.14. The van der Waals surface area contributed by atoms with E-state index in [9.17, 15) is 4.79 Å². The maximum absolute atomic E-state index is 11.6. The predicted molar refractivity (Wildman–Crippen MR) is 90.4 cm³/mol. The summed E-state index contributed by atoms with van der Waals surface area (Å²) in [5.41, 5.74) is 2.41. The molecule has 0 aromatic heterocycles. The Morgan fingerprint density at radius 1 is 1.14 bits per heavy atom. The second kappa shape index (κ2) is 10.1. The van der Waals surface area contributed by atoms with Gasteiger partial charge in [0.2, 0.25) is 0 Å². The Bertz CT molecular complexity index is 459. The number of aryl methyl sites for hydroxylation is 2. The van der Waals surface area contributed by atoms with Crippen molar-refractivity contribution in [2.75, 3.05) is 32.9 Å². The molecule has 0 aliphatic carbocycles. The molecule has 0 spiro atoms. The molecule has 0 saturated carbocycles. The van der Waals surface area contributed by atoms with E-state index in [0.717, 1.165) is 31.8 Å². The monoisotopic (exact) mass is 307 g/mol. The topological polar surface area (TPSA) is 53.6 Å². The quantitative estimate of drug-likeness (QED) is 0.545. The van der Waals surface area contributed by atoms with E-state index in [1.807, 2.05) is 25.1 Å². The number of benzene rings is 1. The Morgan fingerprint density at radius 2 is 1.86 bits per heavy atom. The van der Waals surface area contributed by atoms with Crippen LogP contribution < -0.4 is 15.4 Å². The molecule has 0 atom stereocenters. The SMILES string of the molecule is CCN(CC)CCCNC(=O)NCOc1ccc(C)c(C)c1. The number of nitrogens with one attached hydrogen (secondary N) is 2. The maximum Gasteiger partial charge on any atom is 0.317 e. The highest BCUT2D eigenvalue weighted by Gasteiger charge is 2.02. The van der Waals surface area contributed by atoms with Crippen LogP contribution in [0.5, 0.6) is 5.75 Å². The second-order valence-electron chi connectivity index (χ2n) is 5.35. The molecule has 0 fully saturated rings. The molecule has 124 valence electrons. The third-order valence-electron chi connectivity index (χ3n) is 3.78. The van der Waals surface area contributed by atoms with Gasteiger partial charge in [0, 0.05) is 6.54 Å². The summed E-state index contributed by atoms with van der Waals surface area (Å²) in [4.78, 5) is 14.0. The van der Waals surface area contributed by atoms with E-state index in [-0.39, 0.29) is 12.8 Å². The number of carbonyl (C=O) groups is 1. The van der Waals surface area contributed by atoms with Gasteiger partial charge in [-0.2, -0.15) is 0 Å². The van der Waals surface area contributed by atoms with Gasteiger partial charge < -0.3 is 20.3 Å². The van der Waals surface area contributed by atoms with Crippen molar-refractivity contribution in [3.05, 3.63) is 29.3 Å². The first-order chi connectivity index (χ1) is 10.6. The van der Waals surface area contributed by atoms with Gasteiger partial charge in [0.05, 0.1) is 0 Å². The summed E-state index contributed by atoms with van der Waals surface area (Å²) in [6, 6.07) is 5.70. The number of urea groups is 1. The largest absolute Gasteiger partial charge is 0.473 e. The molecule has 0 heterocycles. The first-order valence-electron chi connectivity index (χ1n) is 8.00. The van der Waals surface area contributed by atoms with Crippen LogP contribution in [0, 0.1) is 13.8 Å². The lowest BCUT2D eigenvalue weighted by Crippen LogP contribution is -2.39. The van der Waals surface area contributed by atoms with E-state index in [0.29, 0.717) is 6.54 Å². The summed E-state index contributed by atoms with van der Waals surface area (Å²) >= 11 is 0. The normalized spacial score (nSPS) is 10.6. The minimum absolute atomic E-state index is 0.171. The van der Waals surface area contributed by atoms with Gasteiger partial charge in [-0.05, 0) is 63.2 Å². The third-order valence-corrected chi connectivity index (χ3v) is 3.78. The average Bonchev–Trinajstić information content (AvgIpc) is 2.51. The number of amides is 2. The zero-order chi connectivity index (χ0) is 16.4. The minimum atomic E-state index is -0.191. The first kappa shape index (κ1) is 18.3. The average molecular weight is 307 g/mol. The molecule has 0 radical (unpaired) electrons. The highest BCUT2D eigenvalue weighted by molar-refractivity contribution is 5.73. The van der Waals surface area contributed by atoms with Gasteiger partial charge in [0.1, 0.15) is 5.75 Å². The summed E-state index contributed by atoms with van der Waals surface area (Å²) in [5, 5.41) is 5.53. The summed E-state index contributed by atoms with van der Waals surface area (Å²) < 4.78 is 5.51. The molecule has 5 nitrogen and oxygen atoms in total. The molecule has 0 aliphatic rings. The number of rotatable bonds is 9. The second-order valence-corrected chi connectivity index (χ2v) is 5.35. The Labute approximate surface area is 134 Å². The number of hydrogen-bond donors (Lipinski definition) is 2. The van der Waals surface area contributed by atoms with Crippen LogP contribution in [0.1, 0.15) is 31.4 Å². The van der Waals surface area contributed by atoms with Crippen molar-refractivity contribution in [3.63, 3.8) is 0 Å². The van der Waals surface area contributed by atoms with Crippen molar-refractivity contribution in [3.8, 4) is 5.75 Å². The fourth-order valence-electron chi connectivity index (χ4n) is 2.10. The fraction of sp³-hybridized carbons (Fsp3) is 0.588. The van der Waals surface area contributed by atoms with E-state index in [2.05, 4.69) is 36.3 Å². The van der Waals surface area contributed by atoms with Gasteiger partial charge in [-0.1, -0.05) is 19.9 Å². The van der Waals surface area contributed by atoms with E-state index < -0.39 is 0 Å². The van der Waals surface area contributed by atoms with Crippen molar-refractivity contribution in [1.82, 2.24) is 15.5 Å². The van der Waals surface area contributed by atoms with Crippen molar-refractivity contribution in [2.45, 2.75) is 34.1 Å². The molecule has 22 heavy (non-hydrogen) atoms. The van der Waals surface area contributed by atoms with E-state index in [4.69, 9.17) is 4.74 Å². The molecule has 0 unspecified atom stereocenters. The van der Waals surface area contributed by atoms with Crippen LogP contribution in [-0.2, 0) is 0 Å². The van der Waals surface area contributed by atoms with Crippen LogP contribution in [0.3, 0.4) is 0 Å². The third kappa shape index (κ3) is 6.80. The van der Waals surface area contributed by atoms with Gasteiger partial charge in [0.15, 0.2) is 6.73 Å². The molecule has 2 N–H and O–H groups in total. The van der Waals surface area contributed by atoms with Gasteiger partial charge in [-0.3, -0.25) is 0 Å². The standard InChI is InChI=1S/C17H29N3O2/c1-5-20(6-2)11-7-10-18-17(21)19-13-22-16-9-8-14(3)15(4)12-16/h8-9,12H,5-7,10-11,13H2,1-4H3,(H2,18,19,21). The van der Waals surface area contributed by atoms with Crippen LogP contribution in [-0.4, -0.2) is 43.8 Å².